The number of carboxylic acids is 1. The Labute approximate surface area is 137 Å². The monoisotopic (exact) mass is 373 g/mol. The van der Waals surface area contributed by atoms with Crippen molar-refractivity contribution in [1.82, 2.24) is 4.90 Å². The lowest BCUT2D eigenvalue weighted by Crippen LogP contribution is -2.39. The molecule has 1 aliphatic rings. The quantitative estimate of drug-likeness (QED) is 0.851. The Morgan fingerprint density at radius 3 is 2.57 bits per heavy atom. The third kappa shape index (κ3) is 4.07. The highest BCUT2D eigenvalue weighted by molar-refractivity contribution is 9.11. The van der Waals surface area contributed by atoms with E-state index in [1.807, 2.05) is 11.4 Å². The van der Waals surface area contributed by atoms with Crippen molar-refractivity contribution in [2.75, 3.05) is 7.05 Å². The van der Waals surface area contributed by atoms with E-state index in [9.17, 15) is 14.7 Å². The van der Waals surface area contributed by atoms with E-state index in [1.54, 1.807) is 23.3 Å². The number of carbonyl (C=O) groups excluding carboxylic acids is 1. The van der Waals surface area contributed by atoms with E-state index < -0.39 is 11.4 Å². The van der Waals surface area contributed by atoms with Crippen molar-refractivity contribution in [2.24, 2.45) is 5.41 Å². The van der Waals surface area contributed by atoms with E-state index in [4.69, 9.17) is 0 Å². The van der Waals surface area contributed by atoms with Crippen LogP contribution in [0, 0.1) is 5.41 Å². The van der Waals surface area contributed by atoms with Gasteiger partial charge in [0.15, 0.2) is 0 Å². The topological polar surface area (TPSA) is 57.6 Å². The first-order chi connectivity index (χ1) is 9.93. The summed E-state index contributed by atoms with van der Waals surface area (Å²) in [7, 11) is 1.74. The molecular weight excluding hydrogens is 354 g/mol. The van der Waals surface area contributed by atoms with Crippen LogP contribution in [0.15, 0.2) is 15.2 Å². The van der Waals surface area contributed by atoms with Crippen LogP contribution in [0.3, 0.4) is 0 Å². The van der Waals surface area contributed by atoms with E-state index in [2.05, 4.69) is 15.9 Å². The Bertz CT molecular complexity index is 523. The zero-order chi connectivity index (χ0) is 15.5. The van der Waals surface area contributed by atoms with E-state index in [0.29, 0.717) is 19.4 Å². The van der Waals surface area contributed by atoms with E-state index >= 15 is 0 Å². The minimum absolute atomic E-state index is 0.0818. The first-order valence-electron chi connectivity index (χ1n) is 7.13. The molecule has 0 bridgehead atoms. The third-order valence-corrected chi connectivity index (χ3v) is 5.77. The summed E-state index contributed by atoms with van der Waals surface area (Å²) >= 11 is 4.99. The second-order valence-corrected chi connectivity index (χ2v) is 8.12. The van der Waals surface area contributed by atoms with Gasteiger partial charge in [0, 0.05) is 20.0 Å². The van der Waals surface area contributed by atoms with Crippen LogP contribution in [0.2, 0.25) is 0 Å². The first kappa shape index (κ1) is 16.5. The number of carboxylic acid groups (broad SMARTS) is 1. The number of carbonyl (C=O) groups is 2. The lowest BCUT2D eigenvalue weighted by molar-refractivity contribution is -0.155. The Balaban J connectivity index is 1.99. The molecule has 0 saturated heterocycles. The fourth-order valence-electron chi connectivity index (χ4n) is 2.91. The minimum Gasteiger partial charge on any atom is -0.481 e. The number of rotatable bonds is 5. The lowest BCUT2D eigenvalue weighted by atomic mass is 9.71. The van der Waals surface area contributed by atoms with Crippen LogP contribution >= 0.6 is 27.3 Å². The van der Waals surface area contributed by atoms with Crippen molar-refractivity contribution in [2.45, 2.75) is 45.1 Å². The van der Waals surface area contributed by atoms with Gasteiger partial charge in [0.25, 0.3) is 0 Å². The Morgan fingerprint density at radius 2 is 2.05 bits per heavy atom. The van der Waals surface area contributed by atoms with Crippen LogP contribution in [-0.2, 0) is 16.1 Å². The van der Waals surface area contributed by atoms with E-state index in [0.717, 1.165) is 28.6 Å². The molecule has 0 radical (unpaired) electrons. The van der Waals surface area contributed by atoms with Gasteiger partial charge in [0.05, 0.1) is 9.20 Å². The fraction of sp³-hybridized carbons (Fsp3) is 0.600. The summed E-state index contributed by atoms with van der Waals surface area (Å²) in [6, 6.07) is 1.99. The van der Waals surface area contributed by atoms with Crippen molar-refractivity contribution in [3.8, 4) is 0 Å². The zero-order valence-corrected chi connectivity index (χ0v) is 14.5. The molecule has 0 aliphatic heterocycles. The number of halogens is 1. The predicted octanol–water partition coefficient (Wildman–Crippen LogP) is 3.89. The maximum Gasteiger partial charge on any atom is 0.310 e. The largest absolute Gasteiger partial charge is 0.481 e. The van der Waals surface area contributed by atoms with E-state index in [1.165, 1.54) is 0 Å². The molecule has 1 aromatic rings. The zero-order valence-electron chi connectivity index (χ0n) is 12.1. The summed E-state index contributed by atoms with van der Waals surface area (Å²) < 4.78 is 1.03. The molecule has 1 aromatic heterocycles. The second-order valence-electron chi connectivity index (χ2n) is 5.83. The van der Waals surface area contributed by atoms with Gasteiger partial charge in [-0.2, -0.15) is 0 Å². The highest BCUT2D eigenvalue weighted by Crippen LogP contribution is 2.40. The Morgan fingerprint density at radius 1 is 1.38 bits per heavy atom. The number of hydrogen-bond donors (Lipinski definition) is 1. The molecule has 0 unspecified atom stereocenters. The van der Waals surface area contributed by atoms with Gasteiger partial charge in [-0.1, -0.05) is 19.3 Å². The molecular formula is C15H20BrNO3S. The number of thiophene rings is 1. The molecule has 0 spiro atoms. The Kier molecular flexibility index (Phi) is 5.43. The molecule has 2 rings (SSSR count). The summed E-state index contributed by atoms with van der Waals surface area (Å²) in [6.07, 6.45) is 4.23. The van der Waals surface area contributed by atoms with Crippen LogP contribution in [0.25, 0.3) is 0 Å². The van der Waals surface area contributed by atoms with Gasteiger partial charge >= 0.3 is 5.97 Å². The summed E-state index contributed by atoms with van der Waals surface area (Å²) in [5.74, 6) is -0.899. The smallest absolute Gasteiger partial charge is 0.310 e. The molecule has 1 aliphatic carbocycles. The SMILES string of the molecule is CN(Cc1csc(Br)c1)C(=O)CC1(C(=O)O)CCCCC1. The molecule has 1 fully saturated rings. The number of aliphatic carboxylic acids is 1. The van der Waals surface area contributed by atoms with Crippen LogP contribution < -0.4 is 0 Å². The van der Waals surface area contributed by atoms with Gasteiger partial charge in [-0.05, 0) is 45.8 Å². The van der Waals surface area contributed by atoms with Gasteiger partial charge < -0.3 is 10.0 Å². The van der Waals surface area contributed by atoms with E-state index in [-0.39, 0.29) is 12.3 Å². The van der Waals surface area contributed by atoms with Gasteiger partial charge in [0.2, 0.25) is 5.91 Å². The van der Waals surface area contributed by atoms with Crippen LogP contribution in [0.4, 0.5) is 0 Å². The molecule has 1 heterocycles. The fourth-order valence-corrected chi connectivity index (χ4v) is 4.11. The maximum absolute atomic E-state index is 12.4. The average molecular weight is 374 g/mol. The molecule has 4 nitrogen and oxygen atoms in total. The van der Waals surface area contributed by atoms with Crippen LogP contribution in [0.1, 0.15) is 44.1 Å². The maximum atomic E-state index is 12.4. The molecule has 1 saturated carbocycles. The molecule has 21 heavy (non-hydrogen) atoms. The van der Waals surface area contributed by atoms with Crippen molar-refractivity contribution in [1.29, 1.82) is 0 Å². The van der Waals surface area contributed by atoms with Gasteiger partial charge in [-0.3, -0.25) is 9.59 Å². The number of amides is 1. The second kappa shape index (κ2) is 6.92. The molecule has 116 valence electrons. The highest BCUT2D eigenvalue weighted by atomic mass is 79.9. The Hall–Kier alpha value is -0.880. The number of nitrogens with zero attached hydrogens (tertiary/aromatic N) is 1. The van der Waals surface area contributed by atoms with Crippen LogP contribution in [0.5, 0.6) is 0 Å². The third-order valence-electron chi connectivity index (χ3n) is 4.22. The van der Waals surface area contributed by atoms with Gasteiger partial charge in [-0.15, -0.1) is 11.3 Å². The molecule has 1 amide bonds. The van der Waals surface area contributed by atoms with Crippen molar-refractivity contribution in [3.05, 3.63) is 20.8 Å². The lowest BCUT2D eigenvalue weighted by Gasteiger charge is -2.33. The molecule has 0 atom stereocenters. The standard InChI is InChI=1S/C15H20BrNO3S/c1-17(9-11-7-12(16)21-10-11)13(18)8-15(14(19)20)5-3-2-4-6-15/h7,10H,2-6,8-9H2,1H3,(H,19,20). The summed E-state index contributed by atoms with van der Waals surface area (Å²) in [5.41, 5.74) is 0.217. The average Bonchev–Trinajstić information content (AvgIpc) is 2.85. The first-order valence-corrected chi connectivity index (χ1v) is 8.80. The highest BCUT2D eigenvalue weighted by Gasteiger charge is 2.41. The molecule has 0 aromatic carbocycles. The summed E-state index contributed by atoms with van der Waals surface area (Å²) in [6.45, 7) is 0.524. The van der Waals surface area contributed by atoms with Crippen molar-refractivity contribution in [3.63, 3.8) is 0 Å². The molecule has 1 N–H and O–H groups in total. The minimum atomic E-state index is -0.848. The summed E-state index contributed by atoms with van der Waals surface area (Å²) in [4.78, 5) is 25.6. The van der Waals surface area contributed by atoms with Gasteiger partial charge in [-0.25, -0.2) is 0 Å². The molecule has 6 heteroatoms. The van der Waals surface area contributed by atoms with Crippen molar-refractivity contribution < 1.29 is 14.7 Å². The predicted molar refractivity (Wildman–Crippen MR) is 86.3 cm³/mol. The normalized spacial score (nSPS) is 17.4. The number of hydrogen-bond acceptors (Lipinski definition) is 3. The van der Waals surface area contributed by atoms with Crippen molar-refractivity contribution >= 4 is 39.1 Å². The van der Waals surface area contributed by atoms with Gasteiger partial charge in [0.1, 0.15) is 0 Å². The summed E-state index contributed by atoms with van der Waals surface area (Å²) in [5, 5.41) is 11.5. The van der Waals surface area contributed by atoms with Crippen LogP contribution in [-0.4, -0.2) is 28.9 Å².